The smallest absolute Gasteiger partial charge is 0.273 e. The van der Waals surface area contributed by atoms with Crippen molar-refractivity contribution in [3.63, 3.8) is 0 Å². The molecule has 0 saturated carbocycles. The maximum absolute atomic E-state index is 12.1. The average molecular weight is 280 g/mol. The Kier molecular flexibility index (Phi) is 3.29. The number of thiazole rings is 1. The van der Waals surface area contributed by atoms with Gasteiger partial charge >= 0.3 is 0 Å². The highest BCUT2D eigenvalue weighted by Crippen LogP contribution is 2.22. The molecule has 1 fully saturated rings. The first-order chi connectivity index (χ1) is 8.83. The lowest BCUT2D eigenvalue weighted by molar-refractivity contribution is 0.0777. The van der Waals surface area contributed by atoms with Crippen molar-refractivity contribution in [3.05, 3.63) is 34.0 Å². The minimum absolute atomic E-state index is 0.0695. The zero-order valence-electron chi connectivity index (χ0n) is 9.61. The van der Waals surface area contributed by atoms with Crippen LogP contribution in [-0.4, -0.2) is 35.0 Å². The van der Waals surface area contributed by atoms with Gasteiger partial charge in [-0.3, -0.25) is 4.79 Å². The Balaban J connectivity index is 1.60. The molecule has 0 radical (unpaired) electrons. The van der Waals surface area contributed by atoms with Gasteiger partial charge in [0.25, 0.3) is 11.1 Å². The summed E-state index contributed by atoms with van der Waals surface area (Å²) >= 11 is 2.96. The van der Waals surface area contributed by atoms with Gasteiger partial charge in [-0.05, 0) is 11.4 Å². The van der Waals surface area contributed by atoms with Crippen LogP contribution in [0.2, 0.25) is 0 Å². The number of likely N-dealkylation sites (tertiary alicyclic amines) is 1. The summed E-state index contributed by atoms with van der Waals surface area (Å²) in [5.41, 5.74) is 0. The molecule has 1 aliphatic heterocycles. The molecule has 1 unspecified atom stereocenters. The van der Waals surface area contributed by atoms with E-state index >= 15 is 0 Å². The third kappa shape index (κ3) is 2.39. The lowest BCUT2D eigenvalue weighted by atomic mass is 10.3. The molecule has 0 spiro atoms. The molecular formula is C12H12N2O2S2. The van der Waals surface area contributed by atoms with Crippen molar-refractivity contribution in [1.82, 2.24) is 9.88 Å². The normalized spacial score (nSPS) is 19.1. The Morgan fingerprint density at radius 3 is 3.11 bits per heavy atom. The monoisotopic (exact) mass is 280 g/mol. The van der Waals surface area contributed by atoms with Gasteiger partial charge in [0.1, 0.15) is 6.10 Å². The Bertz CT molecular complexity index is 510. The van der Waals surface area contributed by atoms with Crippen LogP contribution in [0, 0.1) is 0 Å². The molecule has 0 N–H and O–H groups in total. The van der Waals surface area contributed by atoms with E-state index in [2.05, 4.69) is 4.98 Å². The van der Waals surface area contributed by atoms with E-state index in [1.807, 2.05) is 27.8 Å². The van der Waals surface area contributed by atoms with Crippen LogP contribution in [0.3, 0.4) is 0 Å². The molecule has 2 aromatic heterocycles. The first-order valence-corrected chi connectivity index (χ1v) is 7.48. The predicted octanol–water partition coefficient (Wildman–Crippen LogP) is 2.50. The Morgan fingerprint density at radius 2 is 2.39 bits per heavy atom. The number of amides is 1. The lowest BCUT2D eigenvalue weighted by Crippen LogP contribution is -2.30. The summed E-state index contributed by atoms with van der Waals surface area (Å²) < 4.78 is 5.73. The molecule has 4 nitrogen and oxygen atoms in total. The topological polar surface area (TPSA) is 42.4 Å². The molecular weight excluding hydrogens is 268 g/mol. The standard InChI is InChI=1S/C12H12N2O2S2/c15-11(10-2-1-6-17-10)14-5-3-9(8-14)16-12-13-4-7-18-12/h1-2,4,6-7,9H,3,5,8H2. The van der Waals surface area contributed by atoms with Gasteiger partial charge in [-0.25, -0.2) is 4.98 Å². The van der Waals surface area contributed by atoms with Gasteiger partial charge in [0, 0.05) is 24.5 Å². The molecule has 0 bridgehead atoms. The van der Waals surface area contributed by atoms with E-state index in [0.29, 0.717) is 11.7 Å². The molecule has 6 heteroatoms. The number of nitrogens with zero attached hydrogens (tertiary/aromatic N) is 2. The molecule has 0 aromatic carbocycles. The number of carbonyl (C=O) groups excluding carboxylic acids is 1. The lowest BCUT2D eigenvalue weighted by Gasteiger charge is -2.15. The molecule has 1 saturated heterocycles. The second-order valence-corrected chi connectivity index (χ2v) is 5.86. The highest BCUT2D eigenvalue weighted by molar-refractivity contribution is 7.12. The van der Waals surface area contributed by atoms with Gasteiger partial charge in [0.15, 0.2) is 0 Å². The molecule has 0 aliphatic carbocycles. The molecule has 1 amide bonds. The van der Waals surface area contributed by atoms with Crippen molar-refractivity contribution in [2.75, 3.05) is 13.1 Å². The van der Waals surface area contributed by atoms with Crippen LogP contribution in [0.15, 0.2) is 29.1 Å². The van der Waals surface area contributed by atoms with Gasteiger partial charge in [-0.15, -0.1) is 11.3 Å². The number of ether oxygens (including phenoxy) is 1. The zero-order chi connectivity index (χ0) is 12.4. The molecule has 1 atom stereocenters. The summed E-state index contributed by atoms with van der Waals surface area (Å²) in [6.45, 7) is 1.41. The maximum Gasteiger partial charge on any atom is 0.273 e. The fourth-order valence-electron chi connectivity index (χ4n) is 1.98. The molecule has 3 heterocycles. The molecule has 2 aromatic rings. The first-order valence-electron chi connectivity index (χ1n) is 5.72. The summed E-state index contributed by atoms with van der Waals surface area (Å²) in [6.07, 6.45) is 2.67. The van der Waals surface area contributed by atoms with Crippen molar-refractivity contribution in [2.24, 2.45) is 0 Å². The van der Waals surface area contributed by atoms with Gasteiger partial charge in [-0.2, -0.15) is 0 Å². The van der Waals surface area contributed by atoms with Crippen LogP contribution in [0.4, 0.5) is 0 Å². The molecule has 3 rings (SSSR count). The van der Waals surface area contributed by atoms with E-state index in [1.165, 1.54) is 22.7 Å². The fraction of sp³-hybridized carbons (Fsp3) is 0.333. The summed E-state index contributed by atoms with van der Waals surface area (Å²) in [6, 6.07) is 3.76. The quantitative estimate of drug-likeness (QED) is 0.867. The number of hydrogen-bond donors (Lipinski definition) is 0. The average Bonchev–Trinajstić information content (AvgIpc) is 3.11. The van der Waals surface area contributed by atoms with Crippen LogP contribution >= 0.6 is 22.7 Å². The summed E-state index contributed by atoms with van der Waals surface area (Å²) in [5.74, 6) is 0.107. The summed E-state index contributed by atoms with van der Waals surface area (Å²) in [7, 11) is 0. The van der Waals surface area contributed by atoms with E-state index in [1.54, 1.807) is 6.20 Å². The second kappa shape index (κ2) is 5.07. The molecule has 1 aliphatic rings. The Morgan fingerprint density at radius 1 is 1.44 bits per heavy atom. The molecule has 94 valence electrons. The van der Waals surface area contributed by atoms with E-state index < -0.39 is 0 Å². The van der Waals surface area contributed by atoms with Crippen LogP contribution in [0.25, 0.3) is 0 Å². The Labute approximate surface area is 113 Å². The summed E-state index contributed by atoms with van der Waals surface area (Å²) in [4.78, 5) is 18.9. The van der Waals surface area contributed by atoms with E-state index in [4.69, 9.17) is 4.74 Å². The highest BCUT2D eigenvalue weighted by atomic mass is 32.1. The number of carbonyl (C=O) groups is 1. The number of thiophene rings is 1. The van der Waals surface area contributed by atoms with Gasteiger partial charge in [0.2, 0.25) is 0 Å². The van der Waals surface area contributed by atoms with E-state index in [9.17, 15) is 4.79 Å². The second-order valence-electron chi connectivity index (χ2n) is 4.06. The number of rotatable bonds is 3. The van der Waals surface area contributed by atoms with Crippen LogP contribution in [-0.2, 0) is 0 Å². The van der Waals surface area contributed by atoms with Crippen LogP contribution in [0.5, 0.6) is 5.19 Å². The van der Waals surface area contributed by atoms with Crippen molar-refractivity contribution < 1.29 is 9.53 Å². The van der Waals surface area contributed by atoms with Crippen molar-refractivity contribution >= 4 is 28.6 Å². The van der Waals surface area contributed by atoms with Crippen LogP contribution < -0.4 is 4.74 Å². The van der Waals surface area contributed by atoms with Crippen molar-refractivity contribution in [3.8, 4) is 5.19 Å². The van der Waals surface area contributed by atoms with Gasteiger partial charge in [-0.1, -0.05) is 17.4 Å². The Hall–Kier alpha value is -1.40. The maximum atomic E-state index is 12.1. The predicted molar refractivity (Wildman–Crippen MR) is 71.4 cm³/mol. The van der Waals surface area contributed by atoms with E-state index in [-0.39, 0.29) is 12.0 Å². The largest absolute Gasteiger partial charge is 0.465 e. The fourth-order valence-corrected chi connectivity index (χ4v) is 3.22. The van der Waals surface area contributed by atoms with Crippen molar-refractivity contribution in [1.29, 1.82) is 0 Å². The van der Waals surface area contributed by atoms with Gasteiger partial charge in [0.05, 0.1) is 11.4 Å². The van der Waals surface area contributed by atoms with Crippen LogP contribution in [0.1, 0.15) is 16.1 Å². The minimum atomic E-state index is 0.0695. The zero-order valence-corrected chi connectivity index (χ0v) is 11.2. The third-order valence-electron chi connectivity index (χ3n) is 2.84. The van der Waals surface area contributed by atoms with Gasteiger partial charge < -0.3 is 9.64 Å². The minimum Gasteiger partial charge on any atom is -0.465 e. The SMILES string of the molecule is O=C(c1cccs1)N1CCC(Oc2nccs2)C1. The number of hydrogen-bond acceptors (Lipinski definition) is 5. The molecule has 18 heavy (non-hydrogen) atoms. The first kappa shape index (κ1) is 11.7. The van der Waals surface area contributed by atoms with E-state index in [0.717, 1.165) is 17.8 Å². The summed E-state index contributed by atoms with van der Waals surface area (Å²) in [5, 5.41) is 4.50. The third-order valence-corrected chi connectivity index (χ3v) is 4.36. The van der Waals surface area contributed by atoms with Crippen molar-refractivity contribution in [2.45, 2.75) is 12.5 Å². The highest BCUT2D eigenvalue weighted by Gasteiger charge is 2.29. The number of aromatic nitrogens is 1.